The van der Waals surface area contributed by atoms with Crippen LogP contribution in [-0.2, 0) is 10.0 Å². The molecule has 0 aromatic heterocycles. The molecule has 2 rings (SSSR count). The van der Waals surface area contributed by atoms with Crippen molar-refractivity contribution in [2.45, 2.75) is 44.0 Å². The number of rotatable bonds is 5. The molecule has 4 nitrogen and oxygen atoms in total. The molecule has 0 unspecified atom stereocenters. The largest absolute Gasteiger partial charge is 0.317 e. The fourth-order valence-electron chi connectivity index (χ4n) is 2.76. The molecule has 0 spiro atoms. The van der Waals surface area contributed by atoms with E-state index in [0.717, 1.165) is 37.9 Å². The van der Waals surface area contributed by atoms with Gasteiger partial charge in [0.2, 0.25) is 10.0 Å². The van der Waals surface area contributed by atoms with Gasteiger partial charge in [0, 0.05) is 12.6 Å². The van der Waals surface area contributed by atoms with Crippen LogP contribution in [0.25, 0.3) is 0 Å². The zero-order chi connectivity index (χ0) is 15.5. The molecule has 1 aromatic carbocycles. The van der Waals surface area contributed by atoms with E-state index in [1.807, 2.05) is 19.9 Å². The normalized spacial score (nSPS) is 16.5. The first-order valence-electron chi connectivity index (χ1n) is 7.46. The number of halogens is 2. The smallest absolute Gasteiger partial charge is 0.244 e. The minimum Gasteiger partial charge on any atom is -0.317 e. The van der Waals surface area contributed by atoms with Crippen LogP contribution in [-0.4, -0.2) is 38.4 Å². The number of hydrogen-bond donors (Lipinski definition) is 1. The summed E-state index contributed by atoms with van der Waals surface area (Å²) in [5.41, 5.74) is 0.791. The monoisotopic (exact) mass is 366 g/mol. The summed E-state index contributed by atoms with van der Waals surface area (Å²) < 4.78 is 27.7. The summed E-state index contributed by atoms with van der Waals surface area (Å²) in [5.74, 6) is 0. The maximum Gasteiger partial charge on any atom is 0.244 e. The molecule has 0 atom stereocenters. The number of hydrogen-bond acceptors (Lipinski definition) is 3. The van der Waals surface area contributed by atoms with Crippen molar-refractivity contribution in [1.82, 2.24) is 9.62 Å². The Morgan fingerprint density at radius 3 is 2.55 bits per heavy atom. The lowest BCUT2D eigenvalue weighted by molar-refractivity contribution is 0.262. The van der Waals surface area contributed by atoms with E-state index in [1.54, 1.807) is 16.4 Å². The Morgan fingerprint density at radius 2 is 1.95 bits per heavy atom. The van der Waals surface area contributed by atoms with E-state index in [1.165, 1.54) is 0 Å². The number of sulfonamides is 1. The number of benzene rings is 1. The Balaban J connectivity index is 0.00000242. The lowest BCUT2D eigenvalue weighted by Gasteiger charge is -2.33. The van der Waals surface area contributed by atoms with Crippen molar-refractivity contribution in [2.75, 3.05) is 19.6 Å². The van der Waals surface area contributed by atoms with Gasteiger partial charge in [0.25, 0.3) is 0 Å². The van der Waals surface area contributed by atoms with Crippen LogP contribution < -0.4 is 5.32 Å². The standard InChI is InChI=1S/C15H23ClN2O2S.ClH/c1-3-11-18(13-7-9-17-10-8-13)21(19,20)14-6-4-5-12(2)15(14)16;/h4-6,13,17H,3,7-11H2,1-2H3;1H. The average molecular weight is 367 g/mol. The third kappa shape index (κ3) is 4.15. The Hall–Kier alpha value is -0.330. The maximum absolute atomic E-state index is 13.0. The molecule has 0 amide bonds. The summed E-state index contributed by atoms with van der Waals surface area (Å²) in [6.45, 7) is 6.10. The molecular formula is C15H24Cl2N2O2S. The van der Waals surface area contributed by atoms with E-state index < -0.39 is 10.0 Å². The van der Waals surface area contributed by atoms with Crippen molar-refractivity contribution >= 4 is 34.0 Å². The molecule has 0 radical (unpaired) electrons. The Labute approximate surface area is 144 Å². The molecule has 0 saturated carbocycles. The van der Waals surface area contributed by atoms with Gasteiger partial charge in [-0.05, 0) is 50.9 Å². The second-order valence-electron chi connectivity index (χ2n) is 5.48. The predicted octanol–water partition coefficient (Wildman–Crippen LogP) is 3.22. The van der Waals surface area contributed by atoms with Crippen molar-refractivity contribution in [3.63, 3.8) is 0 Å². The Bertz CT molecular complexity index is 587. The van der Waals surface area contributed by atoms with Crippen molar-refractivity contribution in [3.8, 4) is 0 Å². The third-order valence-corrected chi connectivity index (χ3v) is 6.51. The number of nitrogens with zero attached hydrogens (tertiary/aromatic N) is 1. The van der Waals surface area contributed by atoms with Gasteiger partial charge in [-0.1, -0.05) is 30.7 Å². The van der Waals surface area contributed by atoms with E-state index in [9.17, 15) is 8.42 Å². The van der Waals surface area contributed by atoms with Crippen LogP contribution in [0, 0.1) is 6.92 Å². The molecule has 126 valence electrons. The van der Waals surface area contributed by atoms with Gasteiger partial charge in [-0.3, -0.25) is 0 Å². The van der Waals surface area contributed by atoms with Gasteiger partial charge in [-0.25, -0.2) is 8.42 Å². The predicted molar refractivity (Wildman–Crippen MR) is 93.5 cm³/mol. The molecule has 1 aliphatic heterocycles. The molecule has 1 saturated heterocycles. The van der Waals surface area contributed by atoms with E-state index >= 15 is 0 Å². The van der Waals surface area contributed by atoms with Crippen molar-refractivity contribution in [3.05, 3.63) is 28.8 Å². The first kappa shape index (κ1) is 19.7. The minimum absolute atomic E-state index is 0. The molecule has 22 heavy (non-hydrogen) atoms. The van der Waals surface area contributed by atoms with Crippen molar-refractivity contribution < 1.29 is 8.42 Å². The molecule has 1 aromatic rings. The van der Waals surface area contributed by atoms with E-state index in [4.69, 9.17) is 11.6 Å². The number of piperidine rings is 1. The zero-order valence-electron chi connectivity index (χ0n) is 13.0. The van der Waals surface area contributed by atoms with Crippen LogP contribution in [0.5, 0.6) is 0 Å². The SMILES string of the molecule is CCCN(C1CCNCC1)S(=O)(=O)c1cccc(C)c1Cl.Cl. The quantitative estimate of drug-likeness (QED) is 0.869. The average Bonchev–Trinajstić information content (AvgIpc) is 2.48. The van der Waals surface area contributed by atoms with Gasteiger partial charge < -0.3 is 5.32 Å². The van der Waals surface area contributed by atoms with Gasteiger partial charge in [0.15, 0.2) is 0 Å². The molecule has 1 fully saturated rings. The fraction of sp³-hybridized carbons (Fsp3) is 0.600. The van der Waals surface area contributed by atoms with E-state index in [0.29, 0.717) is 11.6 Å². The van der Waals surface area contributed by atoms with Gasteiger partial charge in [-0.2, -0.15) is 4.31 Å². The second-order valence-corrected chi connectivity index (χ2v) is 7.72. The minimum atomic E-state index is -3.54. The molecule has 1 heterocycles. The molecule has 1 aliphatic rings. The highest BCUT2D eigenvalue weighted by Crippen LogP contribution is 2.30. The van der Waals surface area contributed by atoms with Gasteiger partial charge in [0.05, 0.1) is 5.02 Å². The summed E-state index contributed by atoms with van der Waals surface area (Å²) in [7, 11) is -3.54. The Morgan fingerprint density at radius 1 is 1.32 bits per heavy atom. The van der Waals surface area contributed by atoms with Crippen LogP contribution in [0.2, 0.25) is 5.02 Å². The highest BCUT2D eigenvalue weighted by atomic mass is 35.5. The zero-order valence-corrected chi connectivity index (χ0v) is 15.4. The van der Waals surface area contributed by atoms with Gasteiger partial charge in [-0.15, -0.1) is 12.4 Å². The van der Waals surface area contributed by atoms with Crippen molar-refractivity contribution in [1.29, 1.82) is 0 Å². The van der Waals surface area contributed by atoms with Crippen molar-refractivity contribution in [2.24, 2.45) is 0 Å². The summed E-state index contributed by atoms with van der Waals surface area (Å²) in [6.07, 6.45) is 2.50. The summed E-state index contributed by atoms with van der Waals surface area (Å²) >= 11 is 6.24. The second kappa shape index (κ2) is 8.50. The van der Waals surface area contributed by atoms with E-state index in [2.05, 4.69) is 5.32 Å². The van der Waals surface area contributed by atoms with Gasteiger partial charge >= 0.3 is 0 Å². The summed E-state index contributed by atoms with van der Waals surface area (Å²) in [6, 6.07) is 5.25. The number of aryl methyl sites for hydroxylation is 1. The van der Waals surface area contributed by atoms with Gasteiger partial charge in [0.1, 0.15) is 4.90 Å². The van der Waals surface area contributed by atoms with Crippen LogP contribution >= 0.6 is 24.0 Å². The molecule has 7 heteroatoms. The topological polar surface area (TPSA) is 49.4 Å². The van der Waals surface area contributed by atoms with Crippen LogP contribution in [0.4, 0.5) is 0 Å². The highest BCUT2D eigenvalue weighted by molar-refractivity contribution is 7.89. The molecule has 1 N–H and O–H groups in total. The molecule has 0 bridgehead atoms. The number of nitrogens with one attached hydrogen (secondary N) is 1. The summed E-state index contributed by atoms with van der Waals surface area (Å²) in [4.78, 5) is 0.233. The fourth-order valence-corrected chi connectivity index (χ4v) is 5.10. The lowest BCUT2D eigenvalue weighted by Crippen LogP contribution is -2.46. The lowest BCUT2D eigenvalue weighted by atomic mass is 10.1. The Kier molecular flexibility index (Phi) is 7.62. The van der Waals surface area contributed by atoms with Crippen LogP contribution in [0.15, 0.2) is 23.1 Å². The summed E-state index contributed by atoms with van der Waals surface area (Å²) in [5, 5.41) is 3.62. The molecular weight excluding hydrogens is 343 g/mol. The van der Waals surface area contributed by atoms with Crippen LogP contribution in [0.3, 0.4) is 0 Å². The molecule has 0 aliphatic carbocycles. The third-order valence-electron chi connectivity index (χ3n) is 3.90. The highest BCUT2D eigenvalue weighted by Gasteiger charge is 2.33. The first-order valence-corrected chi connectivity index (χ1v) is 9.28. The van der Waals surface area contributed by atoms with E-state index in [-0.39, 0.29) is 23.3 Å². The maximum atomic E-state index is 13.0. The first-order chi connectivity index (χ1) is 9.98. The van der Waals surface area contributed by atoms with Crippen LogP contribution in [0.1, 0.15) is 31.7 Å².